The van der Waals surface area contributed by atoms with Gasteiger partial charge in [-0.25, -0.2) is 0 Å². The topological polar surface area (TPSA) is 45.6 Å². The number of thiocarbonyl (C=S) groups is 1. The van der Waals surface area contributed by atoms with Crippen LogP contribution in [0.1, 0.15) is 17.0 Å². The lowest BCUT2D eigenvalue weighted by atomic mass is 10.1. The van der Waals surface area contributed by atoms with E-state index in [0.29, 0.717) is 0 Å². The smallest absolute Gasteiger partial charge is 0.265 e. The molecule has 0 unspecified atom stereocenters. The predicted molar refractivity (Wildman–Crippen MR) is 101 cm³/mol. The van der Waals surface area contributed by atoms with Crippen molar-refractivity contribution in [2.45, 2.75) is 13.8 Å². The highest BCUT2D eigenvalue weighted by Crippen LogP contribution is 2.25. The molecule has 3 rings (SSSR count). The van der Waals surface area contributed by atoms with Gasteiger partial charge in [-0.1, -0.05) is 18.2 Å². The second-order valence-corrected chi connectivity index (χ2v) is 6.43. The Morgan fingerprint density at radius 1 is 0.960 bits per heavy atom. The molecule has 0 saturated carbocycles. The number of aryl methyl sites for hydroxylation is 1. The van der Waals surface area contributed by atoms with Crippen LogP contribution in [-0.4, -0.2) is 45.4 Å². The third-order valence-electron chi connectivity index (χ3n) is 4.43. The molecule has 1 aliphatic rings. The van der Waals surface area contributed by atoms with Gasteiger partial charge in [0, 0.05) is 31.2 Å². The van der Waals surface area contributed by atoms with Crippen LogP contribution in [0.4, 0.5) is 0 Å². The zero-order valence-corrected chi connectivity index (χ0v) is 15.4. The van der Waals surface area contributed by atoms with E-state index in [1.54, 1.807) is 20.2 Å². The number of carbonyl (C=O) groups is 2. The second kappa shape index (κ2) is 6.29. The van der Waals surface area contributed by atoms with Crippen molar-refractivity contribution in [2.24, 2.45) is 0 Å². The minimum absolute atomic E-state index is 0.118. The van der Waals surface area contributed by atoms with Gasteiger partial charge >= 0.3 is 0 Å². The predicted octanol–water partition coefficient (Wildman–Crippen LogP) is 2.69. The first-order chi connectivity index (χ1) is 11.8. The van der Waals surface area contributed by atoms with Crippen LogP contribution in [0.25, 0.3) is 11.8 Å². The largest absolute Gasteiger partial charge is 0.318 e. The zero-order valence-electron chi connectivity index (χ0n) is 14.6. The summed E-state index contributed by atoms with van der Waals surface area (Å²) in [4.78, 5) is 27.6. The molecule has 0 atom stereocenters. The minimum Gasteiger partial charge on any atom is -0.318 e. The molecule has 1 saturated heterocycles. The Balaban J connectivity index is 2.09. The third-order valence-corrected chi connectivity index (χ3v) is 4.98. The maximum absolute atomic E-state index is 12.5. The van der Waals surface area contributed by atoms with Gasteiger partial charge in [0.15, 0.2) is 5.11 Å². The molecule has 25 heavy (non-hydrogen) atoms. The number of rotatable bonds is 2. The van der Waals surface area contributed by atoms with Gasteiger partial charge in [-0.15, -0.1) is 0 Å². The van der Waals surface area contributed by atoms with Gasteiger partial charge in [-0.05, 0) is 55.9 Å². The van der Waals surface area contributed by atoms with Gasteiger partial charge in [-0.3, -0.25) is 19.4 Å². The summed E-state index contributed by atoms with van der Waals surface area (Å²) in [6.07, 6.45) is 1.65. The average Bonchev–Trinajstić information content (AvgIpc) is 2.89. The van der Waals surface area contributed by atoms with Crippen molar-refractivity contribution in [3.63, 3.8) is 0 Å². The third kappa shape index (κ3) is 2.78. The molecule has 0 N–H and O–H groups in total. The lowest BCUT2D eigenvalue weighted by molar-refractivity contribution is -0.132. The van der Waals surface area contributed by atoms with Gasteiger partial charge < -0.3 is 4.57 Å². The van der Waals surface area contributed by atoms with Crippen LogP contribution in [0.5, 0.6) is 0 Å². The summed E-state index contributed by atoms with van der Waals surface area (Å²) in [5, 5.41) is 0.210. The molecule has 5 nitrogen and oxygen atoms in total. The molecule has 2 aromatic rings. The normalized spacial score (nSPS) is 15.2. The number of nitrogens with zero attached hydrogens (tertiary/aromatic N) is 3. The van der Waals surface area contributed by atoms with Gasteiger partial charge in [0.1, 0.15) is 5.57 Å². The van der Waals surface area contributed by atoms with Crippen molar-refractivity contribution < 1.29 is 9.59 Å². The highest BCUT2D eigenvalue weighted by Gasteiger charge is 2.35. The first kappa shape index (κ1) is 17.1. The van der Waals surface area contributed by atoms with E-state index >= 15 is 0 Å². The summed E-state index contributed by atoms with van der Waals surface area (Å²) >= 11 is 5.12. The minimum atomic E-state index is -0.377. The van der Waals surface area contributed by atoms with Gasteiger partial charge in [0.05, 0.1) is 0 Å². The lowest BCUT2D eigenvalue weighted by Crippen LogP contribution is -2.52. The van der Waals surface area contributed by atoms with E-state index in [2.05, 4.69) is 4.57 Å². The van der Waals surface area contributed by atoms with Gasteiger partial charge in [-0.2, -0.15) is 0 Å². The Labute approximate surface area is 152 Å². The number of benzene rings is 1. The number of amides is 2. The standard InChI is InChI=1S/C19H19N3O2S/c1-12-10-14(13(2)22(12)15-8-6-5-7-9-15)11-16-17(23)20(3)19(25)21(4)18(16)24/h5-11H,1-4H3. The Morgan fingerprint density at radius 3 is 2.08 bits per heavy atom. The summed E-state index contributed by atoms with van der Waals surface area (Å²) in [6.45, 7) is 3.97. The number of hydrogen-bond donors (Lipinski definition) is 0. The highest BCUT2D eigenvalue weighted by molar-refractivity contribution is 7.80. The molecule has 2 amide bonds. The van der Waals surface area contributed by atoms with Crippen molar-refractivity contribution in [1.82, 2.24) is 14.4 Å². The van der Waals surface area contributed by atoms with Gasteiger partial charge in [0.2, 0.25) is 0 Å². The maximum atomic E-state index is 12.5. The molecule has 0 aliphatic carbocycles. The van der Waals surface area contributed by atoms with E-state index < -0.39 is 0 Å². The van der Waals surface area contributed by atoms with Gasteiger partial charge in [0.25, 0.3) is 11.8 Å². The fourth-order valence-corrected chi connectivity index (χ4v) is 3.20. The molecular weight excluding hydrogens is 334 g/mol. The molecule has 2 heterocycles. The van der Waals surface area contributed by atoms with Crippen LogP contribution in [-0.2, 0) is 9.59 Å². The van der Waals surface area contributed by atoms with Crippen LogP contribution in [0.15, 0.2) is 42.0 Å². The van der Waals surface area contributed by atoms with E-state index in [1.807, 2.05) is 50.2 Å². The zero-order chi connectivity index (χ0) is 18.3. The number of likely N-dealkylation sites (N-methyl/N-ethyl adjacent to an activating group) is 2. The Bertz CT molecular complexity index is 886. The average molecular weight is 353 g/mol. The quantitative estimate of drug-likeness (QED) is 0.474. The summed E-state index contributed by atoms with van der Waals surface area (Å²) in [5.74, 6) is -0.754. The molecule has 6 heteroatoms. The van der Waals surface area contributed by atoms with Crippen LogP contribution in [0.2, 0.25) is 0 Å². The molecule has 1 fully saturated rings. The fourth-order valence-electron chi connectivity index (χ4n) is 3.04. The first-order valence-electron chi connectivity index (χ1n) is 7.89. The molecule has 1 aromatic carbocycles. The molecule has 0 spiro atoms. The van der Waals surface area contributed by atoms with Crippen LogP contribution in [0.3, 0.4) is 0 Å². The van der Waals surface area contributed by atoms with E-state index in [0.717, 1.165) is 22.6 Å². The monoisotopic (exact) mass is 353 g/mol. The van der Waals surface area contributed by atoms with Crippen LogP contribution < -0.4 is 0 Å². The second-order valence-electron chi connectivity index (χ2n) is 6.07. The van der Waals surface area contributed by atoms with Crippen molar-refractivity contribution in [1.29, 1.82) is 0 Å². The summed E-state index contributed by atoms with van der Waals surface area (Å²) < 4.78 is 2.10. The first-order valence-corrected chi connectivity index (χ1v) is 8.30. The maximum Gasteiger partial charge on any atom is 0.265 e. The lowest BCUT2D eigenvalue weighted by Gasteiger charge is -2.31. The van der Waals surface area contributed by atoms with Crippen LogP contribution >= 0.6 is 12.2 Å². The van der Waals surface area contributed by atoms with E-state index in [4.69, 9.17) is 12.2 Å². The Hall–Kier alpha value is -2.73. The summed E-state index contributed by atoms with van der Waals surface area (Å²) in [7, 11) is 3.16. The number of para-hydroxylation sites is 1. The van der Waals surface area contributed by atoms with Crippen molar-refractivity contribution in [3.05, 3.63) is 58.9 Å². The Morgan fingerprint density at radius 2 is 1.52 bits per heavy atom. The molecule has 0 radical (unpaired) electrons. The van der Waals surface area contributed by atoms with E-state index in [9.17, 15) is 9.59 Å². The fraction of sp³-hybridized carbons (Fsp3) is 0.211. The van der Waals surface area contributed by atoms with Crippen molar-refractivity contribution in [2.75, 3.05) is 14.1 Å². The van der Waals surface area contributed by atoms with E-state index in [1.165, 1.54) is 9.80 Å². The van der Waals surface area contributed by atoms with Crippen molar-refractivity contribution in [3.8, 4) is 5.69 Å². The molecule has 1 aliphatic heterocycles. The Kier molecular flexibility index (Phi) is 4.30. The number of aromatic nitrogens is 1. The highest BCUT2D eigenvalue weighted by atomic mass is 32.1. The molecule has 1 aromatic heterocycles. The SMILES string of the molecule is Cc1cc(C=C2C(=O)N(C)C(=S)N(C)C2=O)c(C)n1-c1ccccc1. The van der Waals surface area contributed by atoms with Crippen LogP contribution in [0, 0.1) is 13.8 Å². The summed E-state index contributed by atoms with van der Waals surface area (Å²) in [6, 6.07) is 11.9. The summed E-state index contributed by atoms with van der Waals surface area (Å²) in [5.41, 5.74) is 4.00. The number of hydrogen-bond acceptors (Lipinski definition) is 3. The van der Waals surface area contributed by atoms with Crippen molar-refractivity contribution >= 4 is 35.2 Å². The molecule has 128 valence electrons. The number of carbonyl (C=O) groups excluding carboxylic acids is 2. The molecule has 0 bridgehead atoms. The molecular formula is C19H19N3O2S. The van der Waals surface area contributed by atoms with E-state index in [-0.39, 0.29) is 22.5 Å².